The second kappa shape index (κ2) is 9.02. The van der Waals surface area contributed by atoms with Crippen LogP contribution in [-0.2, 0) is 9.53 Å². The molecule has 160 valence electrons. The number of halogens is 4. The third kappa shape index (κ3) is 4.64. The van der Waals surface area contributed by atoms with Gasteiger partial charge < -0.3 is 15.0 Å². The van der Waals surface area contributed by atoms with Crippen molar-refractivity contribution in [2.75, 3.05) is 36.0 Å². The number of nitrogens with zero attached hydrogens (tertiary/aromatic N) is 3. The van der Waals surface area contributed by atoms with E-state index in [9.17, 15) is 27.2 Å². The van der Waals surface area contributed by atoms with Gasteiger partial charge in [0.15, 0.2) is 6.20 Å². The van der Waals surface area contributed by atoms with Crippen molar-refractivity contribution in [2.24, 2.45) is 0 Å². The molecule has 0 aliphatic carbocycles. The Balaban J connectivity index is 1.65. The molecule has 3 rings (SSSR count). The van der Waals surface area contributed by atoms with Crippen LogP contribution in [-0.4, -0.2) is 56.9 Å². The average Bonchev–Trinajstić information content (AvgIpc) is 3.08. The minimum absolute atomic E-state index is 0.0534. The number of carbonyl (C=O) groups excluding carboxylic acids is 2. The molecule has 0 saturated carbocycles. The maximum Gasteiger partial charge on any atom is 0.414 e. The first-order chi connectivity index (χ1) is 14.3. The van der Waals surface area contributed by atoms with Crippen molar-refractivity contribution < 1.29 is 31.9 Å². The number of rotatable bonds is 5. The zero-order chi connectivity index (χ0) is 21.8. The third-order valence-corrected chi connectivity index (χ3v) is 4.84. The largest absolute Gasteiger partial charge is 0.442 e. The molecule has 2 aliphatic heterocycles. The van der Waals surface area contributed by atoms with Gasteiger partial charge in [-0.05, 0) is 30.2 Å². The first-order valence-corrected chi connectivity index (χ1v) is 9.08. The molecule has 2 amide bonds. The van der Waals surface area contributed by atoms with Crippen molar-refractivity contribution in [3.63, 3.8) is 0 Å². The number of cyclic esters (lactones) is 1. The number of benzene rings is 1. The van der Waals surface area contributed by atoms with Gasteiger partial charge in [-0.25, -0.2) is 18.4 Å². The highest BCUT2D eigenvalue weighted by Crippen LogP contribution is 2.31. The van der Waals surface area contributed by atoms with Crippen molar-refractivity contribution in [3.05, 3.63) is 47.2 Å². The van der Waals surface area contributed by atoms with E-state index in [1.807, 2.05) is 5.32 Å². The van der Waals surface area contributed by atoms with Crippen molar-refractivity contribution in [2.45, 2.75) is 25.1 Å². The van der Waals surface area contributed by atoms with E-state index in [2.05, 4.69) is 4.85 Å². The summed E-state index contributed by atoms with van der Waals surface area (Å²) in [4.78, 5) is 28.7. The Kier molecular flexibility index (Phi) is 6.44. The zero-order valence-electron chi connectivity index (χ0n) is 15.7. The Morgan fingerprint density at radius 3 is 2.80 bits per heavy atom. The molecule has 2 atom stereocenters. The maximum absolute atomic E-state index is 14.7. The summed E-state index contributed by atoms with van der Waals surface area (Å²) in [6.07, 6.45) is -4.74. The van der Waals surface area contributed by atoms with Crippen LogP contribution in [0.15, 0.2) is 30.0 Å². The molecular weight excluding hydrogens is 408 g/mol. The van der Waals surface area contributed by atoms with Crippen LogP contribution in [0.1, 0.15) is 6.42 Å². The quantitative estimate of drug-likeness (QED) is 0.581. The molecule has 2 saturated heterocycles. The highest BCUT2D eigenvalue weighted by Gasteiger charge is 2.34. The summed E-state index contributed by atoms with van der Waals surface area (Å²) in [6.45, 7) is 6.70. The van der Waals surface area contributed by atoms with Gasteiger partial charge in [-0.3, -0.25) is 9.69 Å². The van der Waals surface area contributed by atoms with Crippen LogP contribution in [0.5, 0.6) is 0 Å². The number of nitrogens with one attached hydrogen (secondary N) is 1. The summed E-state index contributed by atoms with van der Waals surface area (Å²) in [5, 5.41) is 1.96. The minimum Gasteiger partial charge on any atom is -0.442 e. The van der Waals surface area contributed by atoms with Crippen LogP contribution in [0.25, 0.3) is 4.85 Å². The molecule has 0 spiro atoms. The normalized spacial score (nSPS) is 22.9. The first-order valence-electron chi connectivity index (χ1n) is 9.08. The molecule has 0 bridgehead atoms. The smallest absolute Gasteiger partial charge is 0.414 e. The number of alkyl halides is 3. The zero-order valence-corrected chi connectivity index (χ0v) is 15.7. The number of hydrogen-bond donors (Lipinski definition) is 1. The van der Waals surface area contributed by atoms with Gasteiger partial charge >= 0.3 is 12.5 Å². The van der Waals surface area contributed by atoms with Gasteiger partial charge in [0.1, 0.15) is 18.1 Å². The lowest BCUT2D eigenvalue weighted by Crippen LogP contribution is -2.38. The Labute approximate surface area is 169 Å². The Bertz CT molecular complexity index is 902. The third-order valence-electron chi connectivity index (χ3n) is 4.84. The molecule has 0 aromatic heterocycles. The van der Waals surface area contributed by atoms with Crippen LogP contribution in [0, 0.1) is 12.4 Å². The van der Waals surface area contributed by atoms with Crippen LogP contribution < -0.4 is 15.1 Å². The molecule has 11 heteroatoms. The second-order valence-corrected chi connectivity index (χ2v) is 6.79. The molecular formula is C19H18F4N4O3. The molecule has 1 N–H and O–H groups in total. The molecule has 30 heavy (non-hydrogen) atoms. The molecule has 2 heterocycles. The van der Waals surface area contributed by atoms with Crippen molar-refractivity contribution >= 4 is 23.4 Å². The van der Waals surface area contributed by atoms with Crippen LogP contribution in [0.2, 0.25) is 0 Å². The fraction of sp³-hybridized carbons (Fsp3) is 0.421. The number of ether oxygens (including phenoxy) is 1. The lowest BCUT2D eigenvalue weighted by atomic mass is 10.0. The summed E-state index contributed by atoms with van der Waals surface area (Å²) < 4.78 is 58.3. The van der Waals surface area contributed by atoms with Crippen LogP contribution in [0.3, 0.4) is 0 Å². The summed E-state index contributed by atoms with van der Waals surface area (Å²) in [5.74, 6) is -2.14. The van der Waals surface area contributed by atoms with Gasteiger partial charge in [-0.1, -0.05) is 0 Å². The lowest BCUT2D eigenvalue weighted by Gasteiger charge is -2.33. The minimum atomic E-state index is -3.17. The van der Waals surface area contributed by atoms with Gasteiger partial charge in [-0.2, -0.15) is 8.78 Å². The first kappa shape index (κ1) is 21.4. The number of anilines is 2. The predicted octanol–water partition coefficient (Wildman–Crippen LogP) is 2.88. The van der Waals surface area contributed by atoms with E-state index in [1.54, 1.807) is 0 Å². The van der Waals surface area contributed by atoms with E-state index >= 15 is 0 Å². The van der Waals surface area contributed by atoms with Gasteiger partial charge in [-0.15, -0.1) is 0 Å². The van der Waals surface area contributed by atoms with Gasteiger partial charge in [0.2, 0.25) is 0 Å². The van der Waals surface area contributed by atoms with E-state index in [1.165, 1.54) is 17.0 Å². The van der Waals surface area contributed by atoms with Gasteiger partial charge in [0, 0.05) is 6.54 Å². The monoisotopic (exact) mass is 426 g/mol. The number of amides is 2. The fourth-order valence-corrected chi connectivity index (χ4v) is 3.32. The molecule has 1 aromatic rings. The lowest BCUT2D eigenvalue weighted by molar-refractivity contribution is -0.132. The maximum atomic E-state index is 14.7. The summed E-state index contributed by atoms with van der Waals surface area (Å²) in [7, 11) is 0. The topological polar surface area (TPSA) is 66.2 Å². The molecule has 1 unspecified atom stereocenters. The van der Waals surface area contributed by atoms with E-state index < -0.39 is 36.5 Å². The molecule has 2 fully saturated rings. The Hall–Kier alpha value is -3.29. The number of hydrogen-bond acceptors (Lipinski definition) is 4. The van der Waals surface area contributed by atoms with Gasteiger partial charge in [0.25, 0.3) is 5.91 Å². The van der Waals surface area contributed by atoms with E-state index in [-0.39, 0.29) is 31.0 Å². The SMILES string of the molecule is [C-]#[N+]C=C1CCN(c2ccc(N3C[C@H](CNC(=O)C(F)F)OC3=O)cc2F)CC1F. The number of piperidine rings is 1. The highest BCUT2D eigenvalue weighted by molar-refractivity contribution is 5.90. The van der Waals surface area contributed by atoms with Crippen molar-refractivity contribution in [3.8, 4) is 0 Å². The number of carbonyl (C=O) groups is 2. The Morgan fingerprint density at radius 1 is 1.40 bits per heavy atom. The average molecular weight is 426 g/mol. The standard InChI is InChI=1S/C19H18F4N4O3/c1-24-7-11-4-5-26(10-15(11)21)16-3-2-12(6-14(16)20)27-9-13(30-19(27)29)8-25-18(28)17(22)23/h2-3,6-7,13,15,17H,4-5,8-10H2,(H,25,28)/t13-,15?/m0/s1. The molecule has 7 nitrogen and oxygen atoms in total. The molecule has 1 aromatic carbocycles. The van der Waals surface area contributed by atoms with Crippen molar-refractivity contribution in [1.82, 2.24) is 5.32 Å². The summed E-state index contributed by atoms with van der Waals surface area (Å²) >= 11 is 0. The fourth-order valence-electron chi connectivity index (χ4n) is 3.32. The van der Waals surface area contributed by atoms with E-state index in [4.69, 9.17) is 11.3 Å². The Morgan fingerprint density at radius 2 is 2.17 bits per heavy atom. The van der Waals surface area contributed by atoms with E-state index in [0.29, 0.717) is 18.5 Å². The van der Waals surface area contributed by atoms with E-state index in [0.717, 1.165) is 17.2 Å². The predicted molar refractivity (Wildman–Crippen MR) is 99.4 cm³/mol. The molecule has 2 aliphatic rings. The van der Waals surface area contributed by atoms with Crippen molar-refractivity contribution in [1.29, 1.82) is 0 Å². The van der Waals surface area contributed by atoms with Gasteiger partial charge in [0.05, 0.1) is 37.6 Å². The van der Waals surface area contributed by atoms with Crippen LogP contribution >= 0.6 is 0 Å². The second-order valence-electron chi connectivity index (χ2n) is 6.79. The summed E-state index contributed by atoms with van der Waals surface area (Å²) in [5.41, 5.74) is 0.728. The van der Waals surface area contributed by atoms with Crippen LogP contribution in [0.4, 0.5) is 33.7 Å². The summed E-state index contributed by atoms with van der Waals surface area (Å²) in [6, 6.07) is 3.99. The highest BCUT2D eigenvalue weighted by atomic mass is 19.3. The molecule has 0 radical (unpaired) electrons.